The molecule has 0 saturated carbocycles. The van der Waals surface area contributed by atoms with Gasteiger partial charge in [0.2, 0.25) is 5.89 Å². The van der Waals surface area contributed by atoms with Gasteiger partial charge in [0.1, 0.15) is 12.1 Å². The molecule has 0 saturated heterocycles. The van der Waals surface area contributed by atoms with Crippen molar-refractivity contribution in [1.29, 1.82) is 0 Å². The second-order valence-corrected chi connectivity index (χ2v) is 5.29. The third kappa shape index (κ3) is 2.60. The summed E-state index contributed by atoms with van der Waals surface area (Å²) in [7, 11) is 1.88. The molecule has 3 aromatic rings. The number of aryl methyl sites for hydroxylation is 2. The second kappa shape index (κ2) is 5.50. The van der Waals surface area contributed by atoms with Crippen LogP contribution in [0.3, 0.4) is 0 Å². The van der Waals surface area contributed by atoms with E-state index in [1.807, 2.05) is 44.3 Å². The van der Waals surface area contributed by atoms with Gasteiger partial charge in [-0.2, -0.15) is 5.10 Å². The van der Waals surface area contributed by atoms with Crippen molar-refractivity contribution in [3.63, 3.8) is 0 Å². The first-order valence-corrected chi connectivity index (χ1v) is 7.21. The molecule has 0 aliphatic carbocycles. The molecule has 0 spiro atoms. The van der Waals surface area contributed by atoms with Crippen molar-refractivity contribution in [1.82, 2.24) is 19.7 Å². The topological polar surface area (TPSA) is 56.7 Å². The van der Waals surface area contributed by atoms with Crippen LogP contribution in [-0.2, 0) is 12.8 Å². The highest BCUT2D eigenvalue weighted by Crippen LogP contribution is 2.26. The van der Waals surface area contributed by atoms with Crippen molar-refractivity contribution in [2.45, 2.75) is 17.8 Å². The normalized spacial score (nSPS) is 10.9. The SMILES string of the molecule is Cc1oc(-c2ccccc2)nc1CSc1ncnn1C. The van der Waals surface area contributed by atoms with Gasteiger partial charge in [0.25, 0.3) is 0 Å². The Kier molecular flexibility index (Phi) is 3.56. The fourth-order valence-corrected chi connectivity index (χ4v) is 2.70. The van der Waals surface area contributed by atoms with Crippen LogP contribution in [0.25, 0.3) is 11.5 Å². The zero-order valence-electron chi connectivity index (χ0n) is 11.3. The van der Waals surface area contributed by atoms with Gasteiger partial charge >= 0.3 is 0 Å². The van der Waals surface area contributed by atoms with Gasteiger partial charge < -0.3 is 4.42 Å². The van der Waals surface area contributed by atoms with Gasteiger partial charge in [-0.15, -0.1) is 0 Å². The highest BCUT2D eigenvalue weighted by molar-refractivity contribution is 7.98. The van der Waals surface area contributed by atoms with E-state index in [1.165, 1.54) is 0 Å². The fraction of sp³-hybridized carbons (Fsp3) is 0.214. The van der Waals surface area contributed by atoms with E-state index in [9.17, 15) is 0 Å². The lowest BCUT2D eigenvalue weighted by molar-refractivity contribution is 0.540. The Morgan fingerprint density at radius 1 is 1.25 bits per heavy atom. The van der Waals surface area contributed by atoms with Crippen LogP contribution in [0.2, 0.25) is 0 Å². The summed E-state index contributed by atoms with van der Waals surface area (Å²) in [6.45, 7) is 1.94. The summed E-state index contributed by atoms with van der Waals surface area (Å²) in [6, 6.07) is 9.91. The molecule has 0 aliphatic heterocycles. The van der Waals surface area contributed by atoms with Crippen LogP contribution in [0.4, 0.5) is 0 Å². The highest BCUT2D eigenvalue weighted by atomic mass is 32.2. The van der Waals surface area contributed by atoms with Gasteiger partial charge in [-0.3, -0.25) is 0 Å². The van der Waals surface area contributed by atoms with E-state index < -0.39 is 0 Å². The fourth-order valence-electron chi connectivity index (χ4n) is 1.82. The third-order valence-electron chi connectivity index (χ3n) is 2.92. The first kappa shape index (κ1) is 12.9. The molecule has 0 radical (unpaired) electrons. The Hall–Kier alpha value is -2.08. The first-order valence-electron chi connectivity index (χ1n) is 6.22. The molecule has 0 unspecified atom stereocenters. The van der Waals surface area contributed by atoms with E-state index in [-0.39, 0.29) is 0 Å². The molecular weight excluding hydrogens is 272 g/mol. The Balaban J connectivity index is 1.78. The minimum Gasteiger partial charge on any atom is -0.441 e. The molecule has 6 heteroatoms. The largest absolute Gasteiger partial charge is 0.441 e. The van der Waals surface area contributed by atoms with Crippen molar-refractivity contribution in [2.24, 2.45) is 7.05 Å². The predicted molar refractivity (Wildman–Crippen MR) is 77.2 cm³/mol. The van der Waals surface area contributed by atoms with Gasteiger partial charge in [0.05, 0.1) is 5.69 Å². The van der Waals surface area contributed by atoms with Gasteiger partial charge in [0, 0.05) is 18.4 Å². The van der Waals surface area contributed by atoms with E-state index in [2.05, 4.69) is 15.1 Å². The maximum atomic E-state index is 5.73. The molecular formula is C14H14N4OS. The standard InChI is InChI=1S/C14H14N4OS/c1-10-12(8-20-14-15-9-16-18(14)2)17-13(19-10)11-6-4-3-5-7-11/h3-7,9H,8H2,1-2H3. The minimum atomic E-state index is 0.664. The van der Waals surface area contributed by atoms with Gasteiger partial charge in [0.15, 0.2) is 5.16 Å². The number of thioether (sulfide) groups is 1. The summed E-state index contributed by atoms with van der Waals surface area (Å²) in [5.74, 6) is 2.23. The molecule has 0 atom stereocenters. The highest BCUT2D eigenvalue weighted by Gasteiger charge is 2.12. The molecule has 2 aromatic heterocycles. The number of aromatic nitrogens is 4. The lowest BCUT2D eigenvalue weighted by Gasteiger charge is -1.97. The predicted octanol–water partition coefficient (Wildman–Crippen LogP) is 3.07. The molecule has 3 rings (SSSR count). The summed E-state index contributed by atoms with van der Waals surface area (Å²) in [6.07, 6.45) is 1.55. The van der Waals surface area contributed by atoms with Crippen molar-refractivity contribution in [2.75, 3.05) is 0 Å². The maximum absolute atomic E-state index is 5.73. The number of hydrogen-bond acceptors (Lipinski definition) is 5. The van der Waals surface area contributed by atoms with Crippen LogP contribution in [0.15, 0.2) is 46.2 Å². The van der Waals surface area contributed by atoms with Crippen molar-refractivity contribution < 1.29 is 4.42 Å². The molecule has 0 amide bonds. The molecule has 102 valence electrons. The van der Waals surface area contributed by atoms with Crippen molar-refractivity contribution in [3.8, 4) is 11.5 Å². The van der Waals surface area contributed by atoms with Gasteiger partial charge in [-0.1, -0.05) is 30.0 Å². The second-order valence-electron chi connectivity index (χ2n) is 4.34. The van der Waals surface area contributed by atoms with Crippen LogP contribution in [0, 0.1) is 6.92 Å². The Bertz CT molecular complexity index is 705. The number of rotatable bonds is 4. The summed E-state index contributed by atoms with van der Waals surface area (Å²) < 4.78 is 7.48. The molecule has 0 aliphatic rings. The van der Waals surface area contributed by atoms with Gasteiger partial charge in [-0.05, 0) is 19.1 Å². The van der Waals surface area contributed by atoms with Crippen LogP contribution in [-0.4, -0.2) is 19.7 Å². The smallest absolute Gasteiger partial charge is 0.226 e. The van der Waals surface area contributed by atoms with E-state index in [4.69, 9.17) is 4.42 Å². The van der Waals surface area contributed by atoms with E-state index in [0.717, 1.165) is 22.2 Å². The number of nitrogens with zero attached hydrogens (tertiary/aromatic N) is 4. The lowest BCUT2D eigenvalue weighted by Crippen LogP contribution is -1.93. The zero-order chi connectivity index (χ0) is 13.9. The van der Waals surface area contributed by atoms with Crippen LogP contribution >= 0.6 is 11.8 Å². The van der Waals surface area contributed by atoms with E-state index in [1.54, 1.807) is 22.8 Å². The van der Waals surface area contributed by atoms with Crippen molar-refractivity contribution >= 4 is 11.8 Å². The minimum absolute atomic E-state index is 0.664. The average Bonchev–Trinajstić information content (AvgIpc) is 3.04. The Labute approximate surface area is 121 Å². The third-order valence-corrected chi connectivity index (χ3v) is 3.97. The van der Waals surface area contributed by atoms with Crippen LogP contribution in [0.1, 0.15) is 11.5 Å². The zero-order valence-corrected chi connectivity index (χ0v) is 12.1. The van der Waals surface area contributed by atoms with Crippen LogP contribution in [0.5, 0.6) is 0 Å². The quantitative estimate of drug-likeness (QED) is 0.690. The summed E-state index contributed by atoms with van der Waals surface area (Å²) in [5, 5.41) is 4.91. The summed E-state index contributed by atoms with van der Waals surface area (Å²) in [4.78, 5) is 8.75. The maximum Gasteiger partial charge on any atom is 0.226 e. The van der Waals surface area contributed by atoms with Crippen molar-refractivity contribution in [3.05, 3.63) is 48.1 Å². The number of oxazole rings is 1. The number of hydrogen-bond donors (Lipinski definition) is 0. The molecule has 2 heterocycles. The lowest BCUT2D eigenvalue weighted by atomic mass is 10.2. The molecule has 1 aromatic carbocycles. The Morgan fingerprint density at radius 3 is 2.75 bits per heavy atom. The molecule has 20 heavy (non-hydrogen) atoms. The monoisotopic (exact) mass is 286 g/mol. The first-order chi connectivity index (χ1) is 9.74. The summed E-state index contributed by atoms with van der Waals surface area (Å²) >= 11 is 1.60. The van der Waals surface area contributed by atoms with E-state index in [0.29, 0.717) is 11.6 Å². The molecule has 0 N–H and O–H groups in total. The summed E-state index contributed by atoms with van der Waals surface area (Å²) in [5.41, 5.74) is 1.93. The van der Waals surface area contributed by atoms with E-state index >= 15 is 0 Å². The molecule has 0 bridgehead atoms. The Morgan fingerprint density at radius 2 is 2.05 bits per heavy atom. The molecule has 5 nitrogen and oxygen atoms in total. The molecule has 0 fully saturated rings. The number of benzene rings is 1. The average molecular weight is 286 g/mol. The van der Waals surface area contributed by atoms with Crippen LogP contribution < -0.4 is 0 Å². The van der Waals surface area contributed by atoms with Gasteiger partial charge in [-0.25, -0.2) is 14.6 Å².